The molecule has 7 rings (SSSR count). The highest BCUT2D eigenvalue weighted by atomic mass is 15.5. The van der Waals surface area contributed by atoms with Crippen LogP contribution in [0.4, 0.5) is 0 Å². The van der Waals surface area contributed by atoms with Gasteiger partial charge >= 0.3 is 0 Å². The van der Waals surface area contributed by atoms with Crippen molar-refractivity contribution in [3.05, 3.63) is 107 Å². The third-order valence-corrected chi connectivity index (χ3v) is 6.97. The Kier molecular flexibility index (Phi) is 5.33. The van der Waals surface area contributed by atoms with E-state index in [0.717, 1.165) is 44.7 Å². The maximum atomic E-state index is 5.08. The van der Waals surface area contributed by atoms with Crippen molar-refractivity contribution in [2.75, 3.05) is 0 Å². The quantitative estimate of drug-likeness (QED) is 0.298. The highest BCUT2D eigenvalue weighted by Gasteiger charge is 2.23. The zero-order valence-electron chi connectivity index (χ0n) is 21.9. The minimum Gasteiger partial charge on any atom is -0.351 e. The lowest BCUT2D eigenvalue weighted by molar-refractivity contribution is 0.664. The molecule has 0 radical (unpaired) electrons. The van der Waals surface area contributed by atoms with Gasteiger partial charge in [-0.2, -0.15) is 5.10 Å². The molecule has 0 aliphatic carbocycles. The van der Waals surface area contributed by atoms with Crippen molar-refractivity contribution < 1.29 is 0 Å². The molecule has 190 valence electrons. The highest BCUT2D eigenvalue weighted by molar-refractivity contribution is 6.03. The van der Waals surface area contributed by atoms with E-state index in [1.165, 1.54) is 5.56 Å². The van der Waals surface area contributed by atoms with Gasteiger partial charge in [-0.15, -0.1) is 5.10 Å². The average molecular weight is 511 g/mol. The molecule has 0 unspecified atom stereocenters. The second-order valence-electron chi connectivity index (χ2n) is 9.90. The number of nitrogens with one attached hydrogen (secondary N) is 1. The van der Waals surface area contributed by atoms with Crippen LogP contribution in [0, 0.1) is 20.8 Å². The summed E-state index contributed by atoms with van der Waals surface area (Å²) in [5.41, 5.74) is 9.47. The predicted octanol–water partition coefficient (Wildman–Crippen LogP) is 6.20. The Bertz CT molecular complexity index is 1960. The van der Waals surface area contributed by atoms with Crippen LogP contribution >= 0.6 is 0 Å². The summed E-state index contributed by atoms with van der Waals surface area (Å²) in [6.45, 7) is 6.64. The summed E-state index contributed by atoms with van der Waals surface area (Å²) in [7, 11) is 0. The third-order valence-electron chi connectivity index (χ3n) is 6.97. The summed E-state index contributed by atoms with van der Waals surface area (Å²) in [4.78, 5) is 13.8. The lowest BCUT2D eigenvalue weighted by Crippen LogP contribution is -2.08. The SMILES string of the molecule is Cc1ccc2[nH]c(-c3nc(-n4nc(C)cc4C)c4nnn(Cc5ccccc5)c4n3)c(-c3ccccc3)c2c1. The van der Waals surface area contributed by atoms with Gasteiger partial charge in [-0.1, -0.05) is 77.5 Å². The van der Waals surface area contributed by atoms with E-state index in [1.54, 1.807) is 0 Å². The maximum Gasteiger partial charge on any atom is 0.187 e. The number of aromatic amines is 1. The van der Waals surface area contributed by atoms with Crippen LogP contribution < -0.4 is 0 Å². The summed E-state index contributed by atoms with van der Waals surface area (Å²) in [5.74, 6) is 1.17. The molecular weight excluding hydrogens is 484 g/mol. The Morgan fingerprint density at radius 3 is 2.33 bits per heavy atom. The first kappa shape index (κ1) is 23.0. The van der Waals surface area contributed by atoms with Crippen molar-refractivity contribution in [2.24, 2.45) is 0 Å². The Labute approximate surface area is 225 Å². The van der Waals surface area contributed by atoms with Crippen molar-refractivity contribution in [2.45, 2.75) is 27.3 Å². The first-order valence-electron chi connectivity index (χ1n) is 12.9. The molecule has 0 saturated carbocycles. The largest absolute Gasteiger partial charge is 0.351 e. The average Bonchev–Trinajstić information content (AvgIpc) is 3.63. The van der Waals surface area contributed by atoms with Gasteiger partial charge in [0.05, 0.1) is 17.9 Å². The number of aromatic nitrogens is 8. The predicted molar refractivity (Wildman–Crippen MR) is 153 cm³/mol. The van der Waals surface area contributed by atoms with Crippen LogP contribution in [0.3, 0.4) is 0 Å². The molecule has 8 heteroatoms. The van der Waals surface area contributed by atoms with Crippen molar-refractivity contribution >= 4 is 22.1 Å². The van der Waals surface area contributed by atoms with Crippen LogP contribution in [0.25, 0.3) is 50.5 Å². The minimum atomic E-state index is 0.543. The molecule has 0 saturated heterocycles. The van der Waals surface area contributed by atoms with Crippen LogP contribution in [0.1, 0.15) is 22.5 Å². The molecule has 0 spiro atoms. The number of benzene rings is 3. The molecule has 0 atom stereocenters. The summed E-state index contributed by atoms with van der Waals surface area (Å²) < 4.78 is 3.67. The maximum absolute atomic E-state index is 5.08. The van der Waals surface area contributed by atoms with Crippen molar-refractivity contribution in [1.29, 1.82) is 0 Å². The van der Waals surface area contributed by atoms with Gasteiger partial charge in [0.25, 0.3) is 0 Å². The molecule has 4 heterocycles. The molecule has 8 nitrogen and oxygen atoms in total. The smallest absolute Gasteiger partial charge is 0.187 e. The molecule has 1 N–H and O–H groups in total. The number of nitrogens with zero attached hydrogens (tertiary/aromatic N) is 7. The minimum absolute atomic E-state index is 0.543. The molecule has 0 bridgehead atoms. The van der Waals surface area contributed by atoms with E-state index in [2.05, 4.69) is 76.8 Å². The number of aryl methyl sites for hydroxylation is 3. The van der Waals surface area contributed by atoms with E-state index in [9.17, 15) is 0 Å². The van der Waals surface area contributed by atoms with Crippen LogP contribution in [-0.4, -0.2) is 39.7 Å². The van der Waals surface area contributed by atoms with Crippen LogP contribution in [-0.2, 0) is 6.54 Å². The van der Waals surface area contributed by atoms with E-state index < -0.39 is 0 Å². The Hall–Kier alpha value is -5.11. The fourth-order valence-electron chi connectivity index (χ4n) is 5.19. The summed E-state index contributed by atoms with van der Waals surface area (Å²) in [6.07, 6.45) is 0. The first-order valence-corrected chi connectivity index (χ1v) is 12.9. The van der Waals surface area contributed by atoms with E-state index in [-0.39, 0.29) is 0 Å². The molecule has 39 heavy (non-hydrogen) atoms. The Morgan fingerprint density at radius 1 is 0.821 bits per heavy atom. The van der Waals surface area contributed by atoms with E-state index >= 15 is 0 Å². The summed E-state index contributed by atoms with van der Waals surface area (Å²) in [5, 5.41) is 14.9. The van der Waals surface area contributed by atoms with Crippen molar-refractivity contribution in [3.8, 4) is 28.5 Å². The van der Waals surface area contributed by atoms with Gasteiger partial charge in [-0.3, -0.25) is 0 Å². The van der Waals surface area contributed by atoms with Gasteiger partial charge in [0.1, 0.15) is 0 Å². The molecule has 4 aromatic heterocycles. The zero-order valence-corrected chi connectivity index (χ0v) is 21.9. The molecule has 0 amide bonds. The first-order chi connectivity index (χ1) is 19.0. The lowest BCUT2D eigenvalue weighted by Gasteiger charge is -2.10. The van der Waals surface area contributed by atoms with Gasteiger partial charge in [0.15, 0.2) is 22.8 Å². The van der Waals surface area contributed by atoms with Gasteiger partial charge in [-0.05, 0) is 50.1 Å². The highest BCUT2D eigenvalue weighted by Crippen LogP contribution is 2.38. The second kappa shape index (κ2) is 9.02. The number of hydrogen-bond acceptors (Lipinski definition) is 5. The molecule has 7 aromatic rings. The van der Waals surface area contributed by atoms with Crippen LogP contribution in [0.15, 0.2) is 84.9 Å². The van der Waals surface area contributed by atoms with Gasteiger partial charge in [-0.25, -0.2) is 19.3 Å². The monoisotopic (exact) mass is 510 g/mol. The fourth-order valence-corrected chi connectivity index (χ4v) is 5.19. The van der Waals surface area contributed by atoms with E-state index in [4.69, 9.17) is 15.1 Å². The molecular formula is C31H26N8. The molecule has 0 aliphatic rings. The topological polar surface area (TPSA) is 90.1 Å². The molecule has 0 aliphatic heterocycles. The Balaban J connectivity index is 1.53. The standard InChI is InChI=1S/C31H26N8/c1-19-14-15-25-24(16-19)26(23-12-8-5-9-13-23)27(32-25)29-33-30-28(31(34-29)39-21(3)17-20(2)36-39)35-37-38(30)18-22-10-6-4-7-11-22/h4-17,32H,18H2,1-3H3. The van der Waals surface area contributed by atoms with Crippen molar-refractivity contribution in [1.82, 2.24) is 39.7 Å². The third kappa shape index (κ3) is 3.97. The van der Waals surface area contributed by atoms with Gasteiger partial charge in [0, 0.05) is 22.2 Å². The molecule has 3 aromatic carbocycles. The summed E-state index contributed by atoms with van der Waals surface area (Å²) >= 11 is 0. The molecule has 0 fully saturated rings. The lowest BCUT2D eigenvalue weighted by atomic mass is 10.0. The number of fused-ring (bicyclic) bond motifs is 2. The zero-order chi connectivity index (χ0) is 26.5. The van der Waals surface area contributed by atoms with Crippen LogP contribution in [0.5, 0.6) is 0 Å². The van der Waals surface area contributed by atoms with Crippen molar-refractivity contribution in [3.63, 3.8) is 0 Å². The Morgan fingerprint density at radius 2 is 1.59 bits per heavy atom. The summed E-state index contributed by atoms with van der Waals surface area (Å²) in [6, 6.07) is 29.0. The fraction of sp³-hybridized carbons (Fsp3) is 0.129. The normalized spacial score (nSPS) is 11.6. The van der Waals surface area contributed by atoms with Gasteiger partial charge < -0.3 is 4.98 Å². The van der Waals surface area contributed by atoms with Gasteiger partial charge in [0.2, 0.25) is 0 Å². The van der Waals surface area contributed by atoms with E-state index in [1.807, 2.05) is 53.5 Å². The number of hydrogen-bond donors (Lipinski definition) is 1. The second-order valence-corrected chi connectivity index (χ2v) is 9.90. The number of rotatable bonds is 5. The van der Waals surface area contributed by atoms with Crippen LogP contribution in [0.2, 0.25) is 0 Å². The van der Waals surface area contributed by atoms with E-state index in [0.29, 0.717) is 29.4 Å². The number of H-pyrrole nitrogens is 1.